The van der Waals surface area contributed by atoms with Crippen LogP contribution in [0.15, 0.2) is 66.7 Å². The molecule has 0 atom stereocenters. The molecule has 1 aliphatic rings. The van der Waals surface area contributed by atoms with Gasteiger partial charge in [0.15, 0.2) is 0 Å². The number of methoxy groups -OCH3 is 2. The lowest BCUT2D eigenvalue weighted by Gasteiger charge is -2.31. The van der Waals surface area contributed by atoms with Gasteiger partial charge in [0, 0.05) is 50.5 Å². The number of nitrogens with zero attached hydrogens (tertiary/aromatic N) is 3. The Bertz CT molecular complexity index is 1420. The zero-order valence-electron chi connectivity index (χ0n) is 25.7. The number of hydrogen-bond acceptors (Lipinski definition) is 8. The number of benzene rings is 3. The molecule has 0 spiro atoms. The number of para-hydroxylation sites is 1. The average Bonchev–Trinajstić information content (AvgIpc) is 3.04. The van der Waals surface area contributed by atoms with Gasteiger partial charge in [-0.05, 0) is 55.0 Å². The summed E-state index contributed by atoms with van der Waals surface area (Å²) in [7, 11) is 2.87. The van der Waals surface area contributed by atoms with Crippen LogP contribution in [0, 0.1) is 6.92 Å². The lowest BCUT2D eigenvalue weighted by molar-refractivity contribution is -0.116. The third kappa shape index (κ3) is 8.48. The molecule has 3 aromatic carbocycles. The van der Waals surface area contributed by atoms with E-state index < -0.39 is 5.97 Å². The Kier molecular flexibility index (Phi) is 11.6. The van der Waals surface area contributed by atoms with Crippen molar-refractivity contribution in [2.24, 2.45) is 0 Å². The Balaban J connectivity index is 1.51. The third-order valence-corrected chi connectivity index (χ3v) is 7.38. The molecule has 3 amide bonds. The summed E-state index contributed by atoms with van der Waals surface area (Å²) in [4.78, 5) is 43.5. The molecule has 44 heavy (non-hydrogen) atoms. The first-order chi connectivity index (χ1) is 21.3. The second-order valence-electron chi connectivity index (χ2n) is 10.2. The van der Waals surface area contributed by atoms with Crippen molar-refractivity contribution in [1.82, 2.24) is 4.90 Å². The van der Waals surface area contributed by atoms with Gasteiger partial charge in [0.25, 0.3) is 0 Å². The summed E-state index contributed by atoms with van der Waals surface area (Å²) in [5.74, 6) is 0.412. The predicted octanol–water partition coefficient (Wildman–Crippen LogP) is 4.59. The summed E-state index contributed by atoms with van der Waals surface area (Å²) < 4.78 is 21.8. The zero-order chi connectivity index (χ0) is 31.5. The van der Waals surface area contributed by atoms with Crippen LogP contribution in [0.25, 0.3) is 0 Å². The smallest absolute Gasteiger partial charge is 0.337 e. The van der Waals surface area contributed by atoms with Gasteiger partial charge in [-0.2, -0.15) is 0 Å². The van der Waals surface area contributed by atoms with E-state index in [0.29, 0.717) is 54.7 Å². The van der Waals surface area contributed by atoms with E-state index in [1.54, 1.807) is 59.4 Å². The minimum Gasteiger partial charge on any atom is -0.494 e. The normalized spacial score (nSPS) is 13.1. The summed E-state index contributed by atoms with van der Waals surface area (Å²) >= 11 is 0. The molecule has 1 N–H and O–H groups in total. The van der Waals surface area contributed by atoms with E-state index >= 15 is 0 Å². The van der Waals surface area contributed by atoms with E-state index in [2.05, 4.69) is 10.2 Å². The summed E-state index contributed by atoms with van der Waals surface area (Å²) in [6, 6.07) is 19.3. The van der Waals surface area contributed by atoms with Crippen molar-refractivity contribution in [2.45, 2.75) is 13.8 Å². The second kappa shape index (κ2) is 15.7. The van der Waals surface area contributed by atoms with Gasteiger partial charge in [0.2, 0.25) is 5.91 Å². The number of urea groups is 1. The highest BCUT2D eigenvalue weighted by Crippen LogP contribution is 2.34. The first kappa shape index (κ1) is 32.3. The molecule has 0 bridgehead atoms. The van der Waals surface area contributed by atoms with Gasteiger partial charge in [0.1, 0.15) is 18.1 Å². The van der Waals surface area contributed by atoms with Crippen molar-refractivity contribution >= 4 is 35.0 Å². The summed E-state index contributed by atoms with van der Waals surface area (Å²) in [5.41, 5.74) is 3.29. The minimum absolute atomic E-state index is 0.175. The molecule has 1 fully saturated rings. The van der Waals surface area contributed by atoms with Crippen LogP contribution in [0.5, 0.6) is 11.5 Å². The van der Waals surface area contributed by atoms with Crippen molar-refractivity contribution in [1.29, 1.82) is 0 Å². The number of amides is 3. The average molecular weight is 605 g/mol. The topological polar surface area (TPSA) is 110 Å². The Morgan fingerprint density at radius 2 is 1.66 bits per heavy atom. The SMILES string of the molecule is COC(=O)c1ccc(OCCN(C(C)=O)c2ccc(N(CCN3CCOCC3)C(=O)Nc3ccccc3C)c(OC)c2)cc1. The van der Waals surface area contributed by atoms with E-state index in [1.165, 1.54) is 14.0 Å². The Hall–Kier alpha value is -4.61. The number of nitrogens with one attached hydrogen (secondary N) is 1. The number of anilines is 3. The first-order valence-electron chi connectivity index (χ1n) is 14.5. The lowest BCUT2D eigenvalue weighted by atomic mass is 10.2. The highest BCUT2D eigenvalue weighted by atomic mass is 16.5. The number of esters is 1. The number of morpholine rings is 1. The van der Waals surface area contributed by atoms with Crippen LogP contribution >= 0.6 is 0 Å². The molecule has 1 heterocycles. The molecule has 11 heteroatoms. The van der Waals surface area contributed by atoms with Crippen molar-refractivity contribution < 1.29 is 33.3 Å². The molecular formula is C33H40N4O7. The molecule has 0 saturated carbocycles. The second-order valence-corrected chi connectivity index (χ2v) is 10.2. The molecule has 1 aliphatic heterocycles. The third-order valence-electron chi connectivity index (χ3n) is 7.38. The molecule has 0 aromatic heterocycles. The maximum atomic E-state index is 13.7. The first-order valence-corrected chi connectivity index (χ1v) is 14.5. The zero-order valence-corrected chi connectivity index (χ0v) is 25.7. The lowest BCUT2D eigenvalue weighted by Crippen LogP contribution is -2.44. The van der Waals surface area contributed by atoms with Crippen molar-refractivity contribution in [3.05, 3.63) is 77.9 Å². The monoisotopic (exact) mass is 604 g/mol. The standard InChI is InChI=1S/C33H40N4O7/c1-24-7-5-6-8-29(24)34-33(40)37(16-15-35-17-20-43-21-18-35)30-14-11-27(23-31(30)41-3)36(25(2)38)19-22-44-28-12-9-26(10-13-28)32(39)42-4/h5-14,23H,15-22H2,1-4H3,(H,34,40). The molecular weight excluding hydrogens is 564 g/mol. The van der Waals surface area contributed by atoms with E-state index in [4.69, 9.17) is 18.9 Å². The van der Waals surface area contributed by atoms with Crippen LogP contribution in [-0.2, 0) is 14.3 Å². The van der Waals surface area contributed by atoms with Crippen LogP contribution in [-0.4, -0.2) is 89.6 Å². The number of ether oxygens (including phenoxy) is 4. The summed E-state index contributed by atoms with van der Waals surface area (Å²) in [5, 5.41) is 3.04. The largest absolute Gasteiger partial charge is 0.494 e. The van der Waals surface area contributed by atoms with Gasteiger partial charge in [0.05, 0.1) is 45.2 Å². The molecule has 0 aliphatic carbocycles. The maximum Gasteiger partial charge on any atom is 0.337 e. The molecule has 234 valence electrons. The van der Waals surface area contributed by atoms with Gasteiger partial charge in [-0.1, -0.05) is 18.2 Å². The Morgan fingerprint density at radius 1 is 0.932 bits per heavy atom. The fourth-order valence-corrected chi connectivity index (χ4v) is 4.88. The Morgan fingerprint density at radius 3 is 2.32 bits per heavy atom. The van der Waals surface area contributed by atoms with Gasteiger partial charge >= 0.3 is 12.0 Å². The highest BCUT2D eigenvalue weighted by molar-refractivity contribution is 6.03. The quantitative estimate of drug-likeness (QED) is 0.299. The van der Waals surface area contributed by atoms with Gasteiger partial charge < -0.3 is 29.2 Å². The number of carbonyl (C=O) groups is 3. The van der Waals surface area contributed by atoms with Crippen LogP contribution in [0.2, 0.25) is 0 Å². The van der Waals surface area contributed by atoms with Crippen LogP contribution < -0.4 is 24.6 Å². The molecule has 0 unspecified atom stereocenters. The van der Waals surface area contributed by atoms with E-state index in [9.17, 15) is 14.4 Å². The number of carbonyl (C=O) groups excluding carboxylic acids is 3. The van der Waals surface area contributed by atoms with Gasteiger partial charge in [-0.15, -0.1) is 0 Å². The fourth-order valence-electron chi connectivity index (χ4n) is 4.88. The van der Waals surface area contributed by atoms with Crippen molar-refractivity contribution in [3.8, 4) is 11.5 Å². The molecule has 0 radical (unpaired) electrons. The minimum atomic E-state index is -0.427. The Labute approximate surface area is 258 Å². The van der Waals surface area contributed by atoms with Gasteiger partial charge in [-0.25, -0.2) is 9.59 Å². The maximum absolute atomic E-state index is 13.7. The molecule has 3 aromatic rings. The van der Waals surface area contributed by atoms with E-state index in [0.717, 1.165) is 24.3 Å². The van der Waals surface area contributed by atoms with E-state index in [-0.39, 0.29) is 25.1 Å². The van der Waals surface area contributed by atoms with Crippen molar-refractivity contribution in [2.75, 3.05) is 81.9 Å². The predicted molar refractivity (Wildman–Crippen MR) is 169 cm³/mol. The number of rotatable bonds is 12. The van der Waals surface area contributed by atoms with Crippen molar-refractivity contribution in [3.63, 3.8) is 0 Å². The molecule has 11 nitrogen and oxygen atoms in total. The van der Waals surface area contributed by atoms with Gasteiger partial charge in [-0.3, -0.25) is 14.6 Å². The summed E-state index contributed by atoms with van der Waals surface area (Å²) in [6.07, 6.45) is 0. The van der Waals surface area contributed by atoms with E-state index in [1.807, 2.05) is 31.2 Å². The van der Waals surface area contributed by atoms with Crippen LogP contribution in [0.4, 0.5) is 21.9 Å². The van der Waals surface area contributed by atoms with Crippen LogP contribution in [0.1, 0.15) is 22.8 Å². The fraction of sp³-hybridized carbons (Fsp3) is 0.364. The summed E-state index contributed by atoms with van der Waals surface area (Å²) in [6.45, 7) is 7.92. The highest BCUT2D eigenvalue weighted by Gasteiger charge is 2.24. The molecule has 4 rings (SSSR count). The van der Waals surface area contributed by atoms with Crippen LogP contribution in [0.3, 0.4) is 0 Å². The number of hydrogen-bond donors (Lipinski definition) is 1. The number of aryl methyl sites for hydroxylation is 1. The molecule has 1 saturated heterocycles.